The number of aromatic nitrogens is 1. The first-order valence-electron chi connectivity index (χ1n) is 7.93. The molecule has 0 aliphatic rings. The van der Waals surface area contributed by atoms with Crippen molar-refractivity contribution in [1.82, 2.24) is 10.4 Å². The Morgan fingerprint density at radius 2 is 1.96 bits per heavy atom. The number of nitrogens with one attached hydrogen (secondary N) is 1. The van der Waals surface area contributed by atoms with Crippen molar-refractivity contribution in [1.29, 1.82) is 0 Å². The van der Waals surface area contributed by atoms with Crippen molar-refractivity contribution < 1.29 is 4.79 Å². The first-order chi connectivity index (χ1) is 11.7. The molecule has 0 spiro atoms. The Labute approximate surface area is 147 Å². The quantitative estimate of drug-likeness (QED) is 0.455. The molecule has 0 aliphatic heterocycles. The summed E-state index contributed by atoms with van der Waals surface area (Å²) in [5, 5.41) is 4.82. The van der Waals surface area contributed by atoms with Crippen LogP contribution in [0.5, 0.6) is 0 Å². The molecule has 1 amide bonds. The van der Waals surface area contributed by atoms with Crippen molar-refractivity contribution in [2.75, 3.05) is 23.7 Å². The van der Waals surface area contributed by atoms with E-state index in [1.54, 1.807) is 12.4 Å². The monoisotopic (exact) mass is 342 g/mol. The average molecular weight is 342 g/mol. The van der Waals surface area contributed by atoms with Gasteiger partial charge in [0.15, 0.2) is 0 Å². The largest absolute Gasteiger partial charge is 0.372 e. The van der Waals surface area contributed by atoms with Crippen molar-refractivity contribution in [3.63, 3.8) is 0 Å². The van der Waals surface area contributed by atoms with Crippen LogP contribution >= 0.6 is 11.8 Å². The van der Waals surface area contributed by atoms with Gasteiger partial charge in [-0.1, -0.05) is 30.0 Å². The van der Waals surface area contributed by atoms with Gasteiger partial charge in [-0.3, -0.25) is 4.79 Å². The molecule has 126 valence electrons. The number of hydrazone groups is 1. The molecule has 1 aromatic carbocycles. The van der Waals surface area contributed by atoms with E-state index < -0.39 is 0 Å². The van der Waals surface area contributed by atoms with Crippen LogP contribution in [0.3, 0.4) is 0 Å². The third-order valence-corrected chi connectivity index (χ3v) is 4.36. The van der Waals surface area contributed by atoms with Gasteiger partial charge in [-0.2, -0.15) is 5.10 Å². The Kier molecular flexibility index (Phi) is 7.29. The standard InChI is InChI=1S/C18H22N4OS/c1-3-22(4-2)16-10-8-15(9-11-16)13-20-21-17(23)14-24-18-7-5-6-12-19-18/h5-13H,3-4,14H2,1-2H3,(H,21,23)/b20-13+. The molecule has 0 bridgehead atoms. The lowest BCUT2D eigenvalue weighted by atomic mass is 10.2. The second-order valence-electron chi connectivity index (χ2n) is 5.01. The highest BCUT2D eigenvalue weighted by molar-refractivity contribution is 7.99. The summed E-state index contributed by atoms with van der Waals surface area (Å²) in [6.45, 7) is 6.23. The third kappa shape index (κ3) is 5.70. The van der Waals surface area contributed by atoms with Crippen molar-refractivity contribution in [3.05, 3.63) is 54.2 Å². The molecule has 0 unspecified atom stereocenters. The molecule has 1 heterocycles. The predicted octanol–water partition coefficient (Wildman–Crippen LogP) is 3.17. The summed E-state index contributed by atoms with van der Waals surface area (Å²) in [4.78, 5) is 18.2. The molecule has 2 rings (SSSR count). The van der Waals surface area contributed by atoms with Gasteiger partial charge in [-0.25, -0.2) is 10.4 Å². The molecule has 2 aromatic rings. The maximum absolute atomic E-state index is 11.7. The lowest BCUT2D eigenvalue weighted by molar-refractivity contribution is -0.118. The number of nitrogens with zero attached hydrogens (tertiary/aromatic N) is 3. The Hall–Kier alpha value is -2.34. The number of carbonyl (C=O) groups excluding carboxylic acids is 1. The van der Waals surface area contributed by atoms with Crippen LogP contribution in [0.15, 0.2) is 58.8 Å². The number of thioether (sulfide) groups is 1. The zero-order chi connectivity index (χ0) is 17.2. The van der Waals surface area contributed by atoms with E-state index >= 15 is 0 Å². The Balaban J connectivity index is 1.79. The predicted molar refractivity (Wildman–Crippen MR) is 101 cm³/mol. The number of rotatable bonds is 8. The van der Waals surface area contributed by atoms with Gasteiger partial charge in [0.05, 0.1) is 17.0 Å². The molecule has 5 nitrogen and oxygen atoms in total. The van der Waals surface area contributed by atoms with E-state index in [9.17, 15) is 4.79 Å². The van der Waals surface area contributed by atoms with E-state index in [0.717, 1.165) is 23.7 Å². The fraction of sp³-hybridized carbons (Fsp3) is 0.278. The maximum Gasteiger partial charge on any atom is 0.250 e. The van der Waals surface area contributed by atoms with Crippen LogP contribution in [0.2, 0.25) is 0 Å². The zero-order valence-corrected chi connectivity index (χ0v) is 14.8. The van der Waals surface area contributed by atoms with Gasteiger partial charge in [-0.05, 0) is 43.7 Å². The Morgan fingerprint density at radius 1 is 1.21 bits per heavy atom. The SMILES string of the molecule is CCN(CC)c1ccc(/C=N/NC(=O)CSc2ccccn2)cc1. The zero-order valence-electron chi connectivity index (χ0n) is 14.0. The molecule has 0 fully saturated rings. The van der Waals surface area contributed by atoms with Crippen LogP contribution in [-0.4, -0.2) is 35.9 Å². The molecule has 1 aromatic heterocycles. The summed E-state index contributed by atoms with van der Waals surface area (Å²) in [6.07, 6.45) is 3.36. The van der Waals surface area contributed by atoms with E-state index in [0.29, 0.717) is 0 Å². The van der Waals surface area contributed by atoms with Crippen molar-refractivity contribution in [2.24, 2.45) is 5.10 Å². The Bertz CT molecular complexity index is 654. The van der Waals surface area contributed by atoms with Gasteiger partial charge in [0.1, 0.15) is 0 Å². The van der Waals surface area contributed by atoms with Gasteiger partial charge in [-0.15, -0.1) is 0 Å². The third-order valence-electron chi connectivity index (χ3n) is 3.41. The highest BCUT2D eigenvalue weighted by Gasteiger charge is 2.02. The van der Waals surface area contributed by atoms with Crippen molar-refractivity contribution in [2.45, 2.75) is 18.9 Å². The molecular formula is C18H22N4OS. The summed E-state index contributed by atoms with van der Waals surface area (Å²) in [7, 11) is 0. The molecule has 0 saturated heterocycles. The molecule has 0 saturated carbocycles. The summed E-state index contributed by atoms with van der Waals surface area (Å²) in [6, 6.07) is 13.7. The van der Waals surface area contributed by atoms with Crippen LogP contribution in [0, 0.1) is 0 Å². The van der Waals surface area contributed by atoms with Crippen LogP contribution in [0.1, 0.15) is 19.4 Å². The topological polar surface area (TPSA) is 57.6 Å². The van der Waals surface area contributed by atoms with Crippen LogP contribution in [-0.2, 0) is 4.79 Å². The molecule has 0 radical (unpaired) electrons. The van der Waals surface area contributed by atoms with Crippen molar-refractivity contribution in [3.8, 4) is 0 Å². The normalized spacial score (nSPS) is 10.8. The number of benzene rings is 1. The summed E-state index contributed by atoms with van der Waals surface area (Å²) in [5.41, 5.74) is 4.67. The number of anilines is 1. The van der Waals surface area contributed by atoms with Gasteiger partial charge in [0, 0.05) is 25.0 Å². The van der Waals surface area contributed by atoms with Gasteiger partial charge in [0.2, 0.25) is 5.91 Å². The smallest absolute Gasteiger partial charge is 0.250 e. The summed E-state index contributed by atoms with van der Waals surface area (Å²) < 4.78 is 0. The lowest BCUT2D eigenvalue weighted by Crippen LogP contribution is -2.21. The number of carbonyl (C=O) groups is 1. The highest BCUT2D eigenvalue weighted by atomic mass is 32.2. The first kappa shape index (κ1) is 18.0. The van der Waals surface area contributed by atoms with E-state index in [-0.39, 0.29) is 11.7 Å². The number of amides is 1. The fourth-order valence-corrected chi connectivity index (χ4v) is 2.80. The van der Waals surface area contributed by atoms with Gasteiger partial charge in [0.25, 0.3) is 0 Å². The van der Waals surface area contributed by atoms with Crippen LogP contribution in [0.4, 0.5) is 5.69 Å². The lowest BCUT2D eigenvalue weighted by Gasteiger charge is -2.20. The highest BCUT2D eigenvalue weighted by Crippen LogP contribution is 2.14. The molecule has 6 heteroatoms. The molecule has 0 atom stereocenters. The molecular weight excluding hydrogens is 320 g/mol. The van der Waals surface area contributed by atoms with E-state index in [4.69, 9.17) is 0 Å². The summed E-state index contributed by atoms with van der Waals surface area (Å²) >= 11 is 1.38. The minimum Gasteiger partial charge on any atom is -0.372 e. The number of pyridine rings is 1. The Morgan fingerprint density at radius 3 is 2.58 bits per heavy atom. The summed E-state index contributed by atoms with van der Waals surface area (Å²) in [5.74, 6) is 0.136. The number of hydrogen-bond acceptors (Lipinski definition) is 5. The molecule has 24 heavy (non-hydrogen) atoms. The van der Waals surface area contributed by atoms with E-state index in [1.807, 2.05) is 30.3 Å². The number of hydrogen-bond donors (Lipinski definition) is 1. The van der Waals surface area contributed by atoms with Crippen molar-refractivity contribution >= 4 is 29.6 Å². The molecule has 1 N–H and O–H groups in total. The minimum atomic E-state index is -0.151. The minimum absolute atomic E-state index is 0.151. The fourth-order valence-electron chi connectivity index (χ4n) is 2.14. The van der Waals surface area contributed by atoms with Gasteiger partial charge >= 0.3 is 0 Å². The second-order valence-corrected chi connectivity index (χ2v) is 6.01. The van der Waals surface area contributed by atoms with E-state index in [2.05, 4.69) is 46.4 Å². The van der Waals surface area contributed by atoms with Crippen LogP contribution < -0.4 is 10.3 Å². The maximum atomic E-state index is 11.7. The second kappa shape index (κ2) is 9.72. The van der Waals surface area contributed by atoms with Gasteiger partial charge < -0.3 is 4.90 Å². The first-order valence-corrected chi connectivity index (χ1v) is 8.92. The van der Waals surface area contributed by atoms with Crippen LogP contribution in [0.25, 0.3) is 0 Å². The van der Waals surface area contributed by atoms with E-state index in [1.165, 1.54) is 17.4 Å². The average Bonchev–Trinajstić information content (AvgIpc) is 2.63. The molecule has 0 aliphatic carbocycles.